The molecule has 0 aliphatic rings. The lowest BCUT2D eigenvalue weighted by Gasteiger charge is -2.10. The number of hydrogen-bond acceptors (Lipinski definition) is 5. The van der Waals surface area contributed by atoms with Crippen LogP contribution in [0.5, 0.6) is 0 Å². The zero-order valence-electron chi connectivity index (χ0n) is 17.1. The highest BCUT2D eigenvalue weighted by molar-refractivity contribution is 6.42. The van der Waals surface area contributed by atoms with Gasteiger partial charge in [-0.15, -0.1) is 0 Å². The van der Waals surface area contributed by atoms with Crippen LogP contribution in [-0.4, -0.2) is 22.9 Å². The molecule has 8 heteroatoms. The van der Waals surface area contributed by atoms with Gasteiger partial charge >= 0.3 is 0 Å². The number of nitrogens with one attached hydrogen (secondary N) is 1. The second kappa shape index (κ2) is 9.31. The maximum atomic E-state index is 9.52. The van der Waals surface area contributed by atoms with E-state index in [1.807, 2.05) is 45.0 Å². The minimum Gasteiger partial charge on any atom is -0.380 e. The van der Waals surface area contributed by atoms with Crippen molar-refractivity contribution in [2.24, 2.45) is 5.10 Å². The van der Waals surface area contributed by atoms with Crippen molar-refractivity contribution in [2.45, 2.75) is 27.4 Å². The van der Waals surface area contributed by atoms with Gasteiger partial charge in [0.2, 0.25) is 0 Å². The van der Waals surface area contributed by atoms with E-state index in [0.717, 1.165) is 33.9 Å². The Morgan fingerprint density at radius 2 is 1.97 bits per heavy atom. The Balaban J connectivity index is 1.90. The van der Waals surface area contributed by atoms with Crippen LogP contribution < -0.4 is 5.43 Å². The van der Waals surface area contributed by atoms with Crippen LogP contribution in [0, 0.1) is 32.1 Å². The van der Waals surface area contributed by atoms with E-state index in [2.05, 4.69) is 26.1 Å². The molecule has 0 atom stereocenters. The molecule has 3 rings (SSSR count). The quantitative estimate of drug-likeness (QED) is 0.400. The van der Waals surface area contributed by atoms with Crippen molar-refractivity contribution in [1.29, 1.82) is 5.26 Å². The third-order valence-electron chi connectivity index (χ3n) is 4.65. The molecular weight excluding hydrogens is 421 g/mol. The molecule has 0 bridgehead atoms. The van der Waals surface area contributed by atoms with Crippen LogP contribution in [0.1, 0.15) is 33.8 Å². The number of nitriles is 1. The lowest BCUT2D eigenvalue weighted by Crippen LogP contribution is -2.04. The number of hydrazone groups is 1. The summed E-state index contributed by atoms with van der Waals surface area (Å²) >= 11 is 12.2. The molecule has 0 unspecified atom stereocenters. The van der Waals surface area contributed by atoms with Crippen LogP contribution in [0.3, 0.4) is 0 Å². The number of rotatable bonds is 6. The fourth-order valence-corrected chi connectivity index (χ4v) is 3.61. The van der Waals surface area contributed by atoms with Gasteiger partial charge in [-0.3, -0.25) is 5.43 Å². The lowest BCUT2D eigenvalue weighted by atomic mass is 10.1. The molecule has 0 spiro atoms. The maximum Gasteiger partial charge on any atom is 0.164 e. The Morgan fingerprint density at radius 1 is 1.20 bits per heavy atom. The Kier molecular flexibility index (Phi) is 6.78. The Hall–Kier alpha value is -2.85. The fraction of sp³-hybridized carbons (Fsp3) is 0.227. The van der Waals surface area contributed by atoms with Gasteiger partial charge in [0.15, 0.2) is 5.82 Å². The standard InChI is InChI=1S/C22H21Cl2N5O/c1-13-7-17(12-30-4)19(10-25)22(27-13)28-26-11-16-8-14(2)29(15(16)3)18-5-6-20(23)21(24)9-18/h5-9,11H,12H2,1-4H3,(H,27,28)/b26-11+. The van der Waals surface area contributed by atoms with Crippen molar-refractivity contribution in [2.75, 3.05) is 12.5 Å². The van der Waals surface area contributed by atoms with Gasteiger partial charge in [0, 0.05) is 41.0 Å². The summed E-state index contributed by atoms with van der Waals surface area (Å²) in [5.74, 6) is 0.402. The summed E-state index contributed by atoms with van der Waals surface area (Å²) in [6.07, 6.45) is 1.71. The Labute approximate surface area is 185 Å². The molecule has 30 heavy (non-hydrogen) atoms. The molecule has 2 heterocycles. The Bertz CT molecular complexity index is 1160. The summed E-state index contributed by atoms with van der Waals surface area (Å²) in [7, 11) is 1.59. The van der Waals surface area contributed by atoms with Crippen molar-refractivity contribution in [3.8, 4) is 11.8 Å². The normalized spacial score (nSPS) is 11.1. The van der Waals surface area contributed by atoms with Crippen LogP contribution in [-0.2, 0) is 11.3 Å². The zero-order valence-corrected chi connectivity index (χ0v) is 18.6. The van der Waals surface area contributed by atoms with E-state index >= 15 is 0 Å². The number of nitrogens with zero attached hydrogens (tertiary/aromatic N) is 4. The lowest BCUT2D eigenvalue weighted by molar-refractivity contribution is 0.184. The number of pyridine rings is 1. The van der Waals surface area contributed by atoms with E-state index in [9.17, 15) is 5.26 Å². The first-order valence-electron chi connectivity index (χ1n) is 9.18. The molecule has 1 aromatic carbocycles. The van der Waals surface area contributed by atoms with E-state index in [-0.39, 0.29) is 0 Å². The van der Waals surface area contributed by atoms with Crippen molar-refractivity contribution in [1.82, 2.24) is 9.55 Å². The predicted octanol–water partition coefficient (Wildman–Crippen LogP) is 5.57. The highest BCUT2D eigenvalue weighted by Crippen LogP contribution is 2.27. The summed E-state index contributed by atoms with van der Waals surface area (Å²) < 4.78 is 7.25. The first-order valence-corrected chi connectivity index (χ1v) is 9.94. The van der Waals surface area contributed by atoms with Gasteiger partial charge in [0.25, 0.3) is 0 Å². The van der Waals surface area contributed by atoms with Gasteiger partial charge in [-0.05, 0) is 51.1 Å². The molecule has 0 aliphatic heterocycles. The van der Waals surface area contributed by atoms with Gasteiger partial charge in [-0.2, -0.15) is 10.4 Å². The minimum atomic E-state index is 0.329. The molecule has 0 fully saturated rings. The topological polar surface area (TPSA) is 75.2 Å². The third kappa shape index (κ3) is 4.49. The van der Waals surface area contributed by atoms with Crippen LogP contribution >= 0.6 is 23.2 Å². The van der Waals surface area contributed by atoms with E-state index in [4.69, 9.17) is 27.9 Å². The largest absolute Gasteiger partial charge is 0.380 e. The molecule has 154 valence electrons. The number of aromatic nitrogens is 2. The molecule has 6 nitrogen and oxygen atoms in total. The number of ether oxygens (including phenoxy) is 1. The van der Waals surface area contributed by atoms with E-state index < -0.39 is 0 Å². The smallest absolute Gasteiger partial charge is 0.164 e. The molecule has 1 N–H and O–H groups in total. The van der Waals surface area contributed by atoms with Gasteiger partial charge < -0.3 is 9.30 Å². The fourth-order valence-electron chi connectivity index (χ4n) is 3.32. The number of hydrogen-bond donors (Lipinski definition) is 1. The van der Waals surface area contributed by atoms with Gasteiger partial charge in [0.1, 0.15) is 11.6 Å². The van der Waals surface area contributed by atoms with Crippen LogP contribution in [0.15, 0.2) is 35.4 Å². The highest BCUT2D eigenvalue weighted by Gasteiger charge is 2.12. The molecular formula is C22H21Cl2N5O. The molecule has 0 saturated heterocycles. The van der Waals surface area contributed by atoms with Crippen LogP contribution in [0.2, 0.25) is 10.0 Å². The number of methoxy groups -OCH3 is 1. The second-order valence-corrected chi connectivity index (χ2v) is 7.64. The SMILES string of the molecule is COCc1cc(C)nc(N/N=C/c2cc(C)n(-c3ccc(Cl)c(Cl)c3)c2C)c1C#N. The maximum absolute atomic E-state index is 9.52. The summed E-state index contributed by atoms with van der Waals surface area (Å²) in [6, 6.07) is 11.6. The van der Waals surface area contributed by atoms with Crippen molar-refractivity contribution in [3.05, 3.63) is 74.1 Å². The van der Waals surface area contributed by atoms with Crippen molar-refractivity contribution < 1.29 is 4.74 Å². The highest BCUT2D eigenvalue weighted by atomic mass is 35.5. The minimum absolute atomic E-state index is 0.329. The van der Waals surface area contributed by atoms with Gasteiger partial charge in [0.05, 0.1) is 22.9 Å². The molecule has 3 aromatic rings. The van der Waals surface area contributed by atoms with E-state index in [1.54, 1.807) is 19.4 Å². The Morgan fingerprint density at radius 3 is 2.63 bits per heavy atom. The summed E-state index contributed by atoms with van der Waals surface area (Å²) in [6.45, 7) is 6.20. The monoisotopic (exact) mass is 441 g/mol. The average molecular weight is 442 g/mol. The first kappa shape index (κ1) is 21.8. The summed E-state index contributed by atoms with van der Waals surface area (Å²) in [5.41, 5.74) is 8.72. The number of aryl methyl sites for hydroxylation is 2. The van der Waals surface area contributed by atoms with Crippen molar-refractivity contribution >= 4 is 35.2 Å². The van der Waals surface area contributed by atoms with E-state index in [0.29, 0.717) is 28.0 Å². The van der Waals surface area contributed by atoms with Crippen molar-refractivity contribution in [3.63, 3.8) is 0 Å². The van der Waals surface area contributed by atoms with Crippen LogP contribution in [0.4, 0.5) is 5.82 Å². The van der Waals surface area contributed by atoms with Gasteiger partial charge in [-0.1, -0.05) is 23.2 Å². The molecule has 0 amide bonds. The summed E-state index contributed by atoms with van der Waals surface area (Å²) in [5, 5.41) is 14.9. The number of anilines is 1. The third-order valence-corrected chi connectivity index (χ3v) is 5.39. The predicted molar refractivity (Wildman–Crippen MR) is 121 cm³/mol. The zero-order chi connectivity index (χ0) is 21.8. The number of benzene rings is 1. The average Bonchev–Trinajstić information content (AvgIpc) is 2.98. The molecule has 0 saturated carbocycles. The summed E-state index contributed by atoms with van der Waals surface area (Å²) in [4.78, 5) is 4.39. The first-order chi connectivity index (χ1) is 14.3. The molecule has 2 aromatic heterocycles. The van der Waals surface area contributed by atoms with Crippen LogP contribution in [0.25, 0.3) is 5.69 Å². The molecule has 0 aliphatic carbocycles. The second-order valence-electron chi connectivity index (χ2n) is 6.82. The van der Waals surface area contributed by atoms with E-state index in [1.165, 1.54) is 0 Å². The molecule has 0 radical (unpaired) electrons. The number of halogens is 2. The van der Waals surface area contributed by atoms with Gasteiger partial charge in [-0.25, -0.2) is 4.98 Å².